The van der Waals surface area contributed by atoms with E-state index in [4.69, 9.17) is 0 Å². The maximum absolute atomic E-state index is 13.7. The Labute approximate surface area is 110 Å². The van der Waals surface area contributed by atoms with E-state index >= 15 is 0 Å². The molecule has 2 aromatic rings. The highest BCUT2D eigenvalue weighted by molar-refractivity contribution is 5.47. The summed E-state index contributed by atoms with van der Waals surface area (Å²) in [7, 11) is 0. The molecule has 0 aromatic carbocycles. The van der Waals surface area contributed by atoms with Gasteiger partial charge in [0.05, 0.1) is 5.69 Å². The van der Waals surface area contributed by atoms with Crippen molar-refractivity contribution in [2.75, 3.05) is 18.0 Å². The normalized spacial score (nSPS) is 14.9. The maximum atomic E-state index is 13.7. The lowest BCUT2D eigenvalue weighted by Crippen LogP contribution is -2.27. The molecule has 0 saturated carbocycles. The lowest BCUT2D eigenvalue weighted by molar-refractivity contribution is 0.564. The topological polar surface area (TPSA) is 46.8 Å². The van der Waals surface area contributed by atoms with Crippen LogP contribution in [0.3, 0.4) is 0 Å². The first-order valence-corrected chi connectivity index (χ1v) is 6.20. The monoisotopic (exact) mass is 259 g/mol. The first-order valence-electron chi connectivity index (χ1n) is 6.20. The standard InChI is InChI=1S/C13H14FN5/c1-10-13(18-8-3-2-4-9-18)16-17-19(10)11-6-5-7-15-12(11)14/h2-3,5-7H,4,8-9H2,1H3. The summed E-state index contributed by atoms with van der Waals surface area (Å²) in [5.74, 6) is 0.258. The molecule has 0 aliphatic carbocycles. The van der Waals surface area contributed by atoms with Crippen molar-refractivity contribution in [3.8, 4) is 5.69 Å². The summed E-state index contributed by atoms with van der Waals surface area (Å²) in [5.41, 5.74) is 1.15. The van der Waals surface area contributed by atoms with E-state index in [0.717, 1.165) is 31.0 Å². The number of nitrogens with zero attached hydrogens (tertiary/aromatic N) is 5. The van der Waals surface area contributed by atoms with Gasteiger partial charge in [-0.2, -0.15) is 4.39 Å². The summed E-state index contributed by atoms with van der Waals surface area (Å²) in [6, 6.07) is 3.33. The Hall–Kier alpha value is -2.24. The Bertz CT molecular complexity index is 619. The van der Waals surface area contributed by atoms with Crippen molar-refractivity contribution in [2.24, 2.45) is 0 Å². The fourth-order valence-corrected chi connectivity index (χ4v) is 2.21. The average molecular weight is 259 g/mol. The number of pyridine rings is 1. The van der Waals surface area contributed by atoms with Gasteiger partial charge in [-0.1, -0.05) is 17.4 Å². The highest BCUT2D eigenvalue weighted by Gasteiger charge is 2.18. The predicted octanol–water partition coefficient (Wildman–Crippen LogP) is 1.88. The molecule has 0 saturated heterocycles. The van der Waals surface area contributed by atoms with Crippen molar-refractivity contribution in [3.63, 3.8) is 0 Å². The molecule has 98 valence electrons. The minimum Gasteiger partial charge on any atom is -0.350 e. The second-order valence-corrected chi connectivity index (χ2v) is 4.43. The molecule has 2 aromatic heterocycles. The van der Waals surface area contributed by atoms with Crippen molar-refractivity contribution in [2.45, 2.75) is 13.3 Å². The van der Waals surface area contributed by atoms with Crippen LogP contribution < -0.4 is 4.90 Å². The van der Waals surface area contributed by atoms with Crippen LogP contribution in [0.4, 0.5) is 10.2 Å². The molecule has 3 heterocycles. The summed E-state index contributed by atoms with van der Waals surface area (Å²) in [6.45, 7) is 3.61. The van der Waals surface area contributed by atoms with Crippen LogP contribution in [-0.2, 0) is 0 Å². The molecule has 0 atom stereocenters. The summed E-state index contributed by atoms with van der Waals surface area (Å²) >= 11 is 0. The van der Waals surface area contributed by atoms with Gasteiger partial charge >= 0.3 is 0 Å². The van der Waals surface area contributed by atoms with E-state index in [1.807, 2.05) is 6.92 Å². The number of hydrogen-bond acceptors (Lipinski definition) is 4. The van der Waals surface area contributed by atoms with Crippen molar-refractivity contribution >= 4 is 5.82 Å². The Morgan fingerprint density at radius 1 is 1.32 bits per heavy atom. The van der Waals surface area contributed by atoms with Crippen LogP contribution in [0.1, 0.15) is 12.1 Å². The van der Waals surface area contributed by atoms with Gasteiger partial charge in [-0.05, 0) is 25.5 Å². The van der Waals surface area contributed by atoms with E-state index in [1.54, 1.807) is 12.1 Å². The molecule has 3 rings (SSSR count). The lowest BCUT2D eigenvalue weighted by atomic mass is 10.2. The van der Waals surface area contributed by atoms with Gasteiger partial charge in [-0.15, -0.1) is 5.10 Å². The molecule has 0 N–H and O–H groups in total. The largest absolute Gasteiger partial charge is 0.350 e. The predicted molar refractivity (Wildman–Crippen MR) is 69.8 cm³/mol. The van der Waals surface area contributed by atoms with Crippen LogP contribution in [0.15, 0.2) is 30.5 Å². The molecule has 0 unspecified atom stereocenters. The summed E-state index contributed by atoms with van der Waals surface area (Å²) in [6.07, 6.45) is 6.67. The van der Waals surface area contributed by atoms with Crippen LogP contribution in [0.25, 0.3) is 5.69 Å². The highest BCUT2D eigenvalue weighted by atomic mass is 19.1. The summed E-state index contributed by atoms with van der Waals surface area (Å²) < 4.78 is 15.2. The fraction of sp³-hybridized carbons (Fsp3) is 0.308. The first kappa shape index (κ1) is 11.8. The van der Waals surface area contributed by atoms with Crippen molar-refractivity contribution in [3.05, 3.63) is 42.1 Å². The van der Waals surface area contributed by atoms with Gasteiger partial charge in [-0.3, -0.25) is 0 Å². The zero-order valence-electron chi connectivity index (χ0n) is 10.6. The SMILES string of the molecule is Cc1c(N2CC=CCC2)nnn1-c1cccnc1F. The van der Waals surface area contributed by atoms with Gasteiger partial charge < -0.3 is 4.90 Å². The number of anilines is 1. The van der Waals surface area contributed by atoms with E-state index in [-0.39, 0.29) is 0 Å². The Morgan fingerprint density at radius 3 is 2.95 bits per heavy atom. The molecule has 19 heavy (non-hydrogen) atoms. The minimum absolute atomic E-state index is 0.325. The zero-order valence-corrected chi connectivity index (χ0v) is 10.6. The van der Waals surface area contributed by atoms with Crippen LogP contribution >= 0.6 is 0 Å². The van der Waals surface area contributed by atoms with Gasteiger partial charge in [0.25, 0.3) is 0 Å². The first-order chi connectivity index (χ1) is 9.27. The Morgan fingerprint density at radius 2 is 2.21 bits per heavy atom. The van der Waals surface area contributed by atoms with Gasteiger partial charge in [0.1, 0.15) is 5.69 Å². The molecule has 0 bridgehead atoms. The van der Waals surface area contributed by atoms with Gasteiger partial charge in [-0.25, -0.2) is 9.67 Å². The molecule has 1 aliphatic rings. The van der Waals surface area contributed by atoms with E-state index in [9.17, 15) is 4.39 Å². The number of aromatic nitrogens is 4. The molecule has 1 aliphatic heterocycles. The van der Waals surface area contributed by atoms with Crippen LogP contribution in [0, 0.1) is 12.9 Å². The lowest BCUT2D eigenvalue weighted by Gasteiger charge is -2.23. The number of rotatable bonds is 2. The molecular formula is C13H14FN5. The zero-order chi connectivity index (χ0) is 13.2. The number of halogens is 1. The van der Waals surface area contributed by atoms with Crippen LogP contribution in [0.5, 0.6) is 0 Å². The van der Waals surface area contributed by atoms with Crippen molar-refractivity contribution < 1.29 is 4.39 Å². The second kappa shape index (κ2) is 4.79. The van der Waals surface area contributed by atoms with Gasteiger partial charge in [0, 0.05) is 19.3 Å². The van der Waals surface area contributed by atoms with E-state index < -0.39 is 5.95 Å². The quantitative estimate of drug-likeness (QED) is 0.610. The molecule has 6 heteroatoms. The smallest absolute Gasteiger partial charge is 0.238 e. The third-order valence-electron chi connectivity index (χ3n) is 3.20. The molecule has 0 radical (unpaired) electrons. The van der Waals surface area contributed by atoms with E-state index in [2.05, 4.69) is 32.3 Å². The molecule has 0 fully saturated rings. The highest BCUT2D eigenvalue weighted by Crippen LogP contribution is 2.21. The number of hydrogen-bond donors (Lipinski definition) is 0. The van der Waals surface area contributed by atoms with E-state index in [0.29, 0.717) is 5.69 Å². The van der Waals surface area contributed by atoms with E-state index in [1.165, 1.54) is 10.9 Å². The van der Waals surface area contributed by atoms with Crippen molar-refractivity contribution in [1.82, 2.24) is 20.0 Å². The third-order valence-corrected chi connectivity index (χ3v) is 3.20. The fourth-order valence-electron chi connectivity index (χ4n) is 2.21. The minimum atomic E-state index is -0.541. The van der Waals surface area contributed by atoms with Gasteiger partial charge in [0.2, 0.25) is 5.95 Å². The van der Waals surface area contributed by atoms with Crippen LogP contribution in [0.2, 0.25) is 0 Å². The average Bonchev–Trinajstić information content (AvgIpc) is 2.82. The molecule has 0 spiro atoms. The molecule has 0 amide bonds. The maximum Gasteiger partial charge on any atom is 0.238 e. The van der Waals surface area contributed by atoms with Crippen LogP contribution in [-0.4, -0.2) is 33.1 Å². The summed E-state index contributed by atoms with van der Waals surface area (Å²) in [5, 5.41) is 8.21. The molecular weight excluding hydrogens is 245 g/mol. The summed E-state index contributed by atoms with van der Waals surface area (Å²) in [4.78, 5) is 5.77. The Kier molecular flexibility index (Phi) is 2.98. The van der Waals surface area contributed by atoms with Crippen molar-refractivity contribution in [1.29, 1.82) is 0 Å². The Balaban J connectivity index is 1.99. The van der Waals surface area contributed by atoms with Gasteiger partial charge in [0.15, 0.2) is 5.82 Å². The third kappa shape index (κ3) is 2.09. The molecule has 5 nitrogen and oxygen atoms in total. The second-order valence-electron chi connectivity index (χ2n) is 4.43.